The first-order valence-corrected chi connectivity index (χ1v) is 7.72. The quantitative estimate of drug-likeness (QED) is 0.500. The number of hydrogen-bond donors (Lipinski definition) is 2. The Kier molecular flexibility index (Phi) is 13.2. The van der Waals surface area contributed by atoms with Crippen molar-refractivity contribution >= 4 is 0 Å². The van der Waals surface area contributed by atoms with Gasteiger partial charge in [-0.25, -0.2) is 0 Å². The summed E-state index contributed by atoms with van der Waals surface area (Å²) in [5.41, 5.74) is 0. The highest BCUT2D eigenvalue weighted by atomic mass is 16.3. The number of nitrogens with zero attached hydrogens (tertiary/aromatic N) is 1. The first kappa shape index (κ1) is 17.9. The monoisotopic (exact) mass is 259 g/mol. The third-order valence-corrected chi connectivity index (χ3v) is 3.73. The molecule has 18 heavy (non-hydrogen) atoms. The van der Waals surface area contributed by atoms with Crippen molar-refractivity contribution < 1.29 is 10.2 Å². The fourth-order valence-electron chi connectivity index (χ4n) is 2.40. The summed E-state index contributed by atoms with van der Waals surface area (Å²) in [4.78, 5) is 2.16. The number of rotatable bonds is 13. The van der Waals surface area contributed by atoms with Crippen molar-refractivity contribution in [2.75, 3.05) is 32.8 Å². The lowest BCUT2D eigenvalue weighted by Gasteiger charge is -2.23. The Balaban J connectivity index is 3.74. The second-order valence-electron chi connectivity index (χ2n) is 5.20. The van der Waals surface area contributed by atoms with Crippen molar-refractivity contribution in [2.24, 2.45) is 5.92 Å². The largest absolute Gasteiger partial charge is 0.395 e. The normalized spacial score (nSPS) is 13.2. The molecular formula is C15H33NO2. The SMILES string of the molecule is CCCCCCC(CC)CCN(CCO)CCO. The van der Waals surface area contributed by atoms with Gasteiger partial charge in [-0.1, -0.05) is 52.4 Å². The molecule has 0 aliphatic heterocycles. The molecule has 0 radical (unpaired) electrons. The van der Waals surface area contributed by atoms with E-state index in [9.17, 15) is 0 Å². The second kappa shape index (κ2) is 13.3. The summed E-state index contributed by atoms with van der Waals surface area (Å²) < 4.78 is 0. The minimum atomic E-state index is 0.188. The maximum absolute atomic E-state index is 8.96. The summed E-state index contributed by atoms with van der Waals surface area (Å²) in [5.74, 6) is 0.807. The smallest absolute Gasteiger partial charge is 0.0558 e. The Bertz CT molecular complexity index is 159. The van der Waals surface area contributed by atoms with Crippen molar-refractivity contribution in [3.63, 3.8) is 0 Å². The lowest BCUT2D eigenvalue weighted by molar-refractivity contribution is 0.152. The van der Waals surface area contributed by atoms with Gasteiger partial charge in [0.15, 0.2) is 0 Å². The Labute approximate surface area is 113 Å². The maximum Gasteiger partial charge on any atom is 0.0558 e. The minimum absolute atomic E-state index is 0.188. The van der Waals surface area contributed by atoms with E-state index >= 15 is 0 Å². The zero-order chi connectivity index (χ0) is 13.6. The summed E-state index contributed by atoms with van der Waals surface area (Å²) >= 11 is 0. The van der Waals surface area contributed by atoms with E-state index in [2.05, 4.69) is 18.7 Å². The summed E-state index contributed by atoms with van der Waals surface area (Å²) in [6, 6.07) is 0. The summed E-state index contributed by atoms with van der Waals surface area (Å²) in [7, 11) is 0. The van der Waals surface area contributed by atoms with E-state index in [0.717, 1.165) is 12.5 Å². The van der Waals surface area contributed by atoms with E-state index in [4.69, 9.17) is 10.2 Å². The van der Waals surface area contributed by atoms with Crippen LogP contribution < -0.4 is 0 Å². The Morgan fingerprint density at radius 1 is 0.833 bits per heavy atom. The average molecular weight is 259 g/mol. The van der Waals surface area contributed by atoms with Crippen LogP contribution in [-0.4, -0.2) is 48.0 Å². The van der Waals surface area contributed by atoms with Crippen LogP contribution in [0.3, 0.4) is 0 Å². The first-order chi connectivity index (χ1) is 8.78. The Morgan fingerprint density at radius 3 is 2.00 bits per heavy atom. The van der Waals surface area contributed by atoms with Gasteiger partial charge in [-0.15, -0.1) is 0 Å². The number of unbranched alkanes of at least 4 members (excludes halogenated alkanes) is 3. The molecule has 1 unspecified atom stereocenters. The summed E-state index contributed by atoms with van der Waals surface area (Å²) in [6.45, 7) is 7.28. The van der Waals surface area contributed by atoms with Gasteiger partial charge in [-0.2, -0.15) is 0 Å². The Morgan fingerprint density at radius 2 is 1.50 bits per heavy atom. The molecule has 0 heterocycles. The van der Waals surface area contributed by atoms with Gasteiger partial charge in [0.2, 0.25) is 0 Å². The fourth-order valence-corrected chi connectivity index (χ4v) is 2.40. The highest BCUT2D eigenvalue weighted by Gasteiger charge is 2.09. The molecule has 2 N–H and O–H groups in total. The van der Waals surface area contributed by atoms with Crippen LogP contribution in [-0.2, 0) is 0 Å². The maximum atomic E-state index is 8.96. The fraction of sp³-hybridized carbons (Fsp3) is 1.00. The van der Waals surface area contributed by atoms with Crippen molar-refractivity contribution in [1.29, 1.82) is 0 Å². The molecule has 1 atom stereocenters. The zero-order valence-corrected chi connectivity index (χ0v) is 12.4. The van der Waals surface area contributed by atoms with Crippen molar-refractivity contribution in [3.8, 4) is 0 Å². The van der Waals surface area contributed by atoms with Gasteiger partial charge >= 0.3 is 0 Å². The summed E-state index contributed by atoms with van der Waals surface area (Å²) in [6.07, 6.45) is 9.16. The predicted molar refractivity (Wildman–Crippen MR) is 77.8 cm³/mol. The highest BCUT2D eigenvalue weighted by molar-refractivity contribution is 4.63. The molecule has 110 valence electrons. The molecule has 0 fully saturated rings. The van der Waals surface area contributed by atoms with Crippen molar-refractivity contribution in [3.05, 3.63) is 0 Å². The van der Waals surface area contributed by atoms with Gasteiger partial charge in [0.05, 0.1) is 13.2 Å². The van der Waals surface area contributed by atoms with Gasteiger partial charge < -0.3 is 10.2 Å². The molecule has 0 aromatic heterocycles. The first-order valence-electron chi connectivity index (χ1n) is 7.72. The molecule has 0 spiro atoms. The topological polar surface area (TPSA) is 43.7 Å². The average Bonchev–Trinajstić information content (AvgIpc) is 2.38. The van der Waals surface area contributed by atoms with Crippen LogP contribution in [0.25, 0.3) is 0 Å². The lowest BCUT2D eigenvalue weighted by Crippen LogP contribution is -2.31. The molecule has 3 nitrogen and oxygen atoms in total. The van der Waals surface area contributed by atoms with Gasteiger partial charge in [0.25, 0.3) is 0 Å². The molecule has 0 aromatic rings. The van der Waals surface area contributed by atoms with Gasteiger partial charge in [-0.05, 0) is 18.9 Å². The predicted octanol–water partition coefficient (Wildman–Crippen LogP) is 2.66. The molecule has 0 amide bonds. The molecular weight excluding hydrogens is 226 g/mol. The number of aliphatic hydroxyl groups excluding tert-OH is 2. The molecule has 0 saturated carbocycles. The van der Waals surface area contributed by atoms with E-state index < -0.39 is 0 Å². The zero-order valence-electron chi connectivity index (χ0n) is 12.4. The van der Waals surface area contributed by atoms with E-state index in [1.807, 2.05) is 0 Å². The lowest BCUT2D eigenvalue weighted by atomic mass is 9.95. The highest BCUT2D eigenvalue weighted by Crippen LogP contribution is 2.18. The van der Waals surface area contributed by atoms with Crippen LogP contribution in [0.2, 0.25) is 0 Å². The second-order valence-corrected chi connectivity index (χ2v) is 5.20. The van der Waals surface area contributed by atoms with Crippen LogP contribution >= 0.6 is 0 Å². The van der Waals surface area contributed by atoms with E-state index in [-0.39, 0.29) is 13.2 Å². The van der Waals surface area contributed by atoms with Crippen molar-refractivity contribution in [2.45, 2.75) is 58.8 Å². The van der Waals surface area contributed by atoms with Gasteiger partial charge in [0, 0.05) is 13.1 Å². The molecule has 3 heteroatoms. The third-order valence-electron chi connectivity index (χ3n) is 3.73. The van der Waals surface area contributed by atoms with E-state index in [0.29, 0.717) is 13.1 Å². The molecule has 0 aliphatic carbocycles. The van der Waals surface area contributed by atoms with Crippen LogP contribution in [0.5, 0.6) is 0 Å². The van der Waals surface area contributed by atoms with Crippen LogP contribution in [0, 0.1) is 5.92 Å². The number of aliphatic hydroxyl groups is 2. The molecule has 0 aliphatic rings. The molecule has 0 saturated heterocycles. The van der Waals surface area contributed by atoms with Gasteiger partial charge in [-0.3, -0.25) is 4.90 Å². The van der Waals surface area contributed by atoms with E-state index in [1.54, 1.807) is 0 Å². The van der Waals surface area contributed by atoms with Gasteiger partial charge in [0.1, 0.15) is 0 Å². The Hall–Kier alpha value is -0.120. The van der Waals surface area contributed by atoms with Crippen LogP contribution in [0.1, 0.15) is 58.8 Å². The van der Waals surface area contributed by atoms with Crippen molar-refractivity contribution in [1.82, 2.24) is 4.90 Å². The molecule has 0 rings (SSSR count). The third kappa shape index (κ3) is 9.86. The van der Waals surface area contributed by atoms with Crippen LogP contribution in [0.4, 0.5) is 0 Å². The minimum Gasteiger partial charge on any atom is -0.395 e. The number of hydrogen-bond acceptors (Lipinski definition) is 3. The standard InChI is InChI=1S/C15H33NO2/c1-3-5-6-7-8-15(4-2)9-10-16(11-13-17)12-14-18/h15,17-18H,3-14H2,1-2H3. The van der Waals surface area contributed by atoms with E-state index in [1.165, 1.54) is 44.9 Å². The molecule has 0 aromatic carbocycles. The molecule has 0 bridgehead atoms. The van der Waals surface area contributed by atoms with Crippen LogP contribution in [0.15, 0.2) is 0 Å². The summed E-state index contributed by atoms with van der Waals surface area (Å²) in [5, 5.41) is 17.9.